The molecule has 2 atom stereocenters. The van der Waals surface area contributed by atoms with Crippen LogP contribution < -0.4 is 16.4 Å². The Morgan fingerprint density at radius 1 is 1.25 bits per heavy atom. The predicted molar refractivity (Wildman–Crippen MR) is 83.3 cm³/mol. The molecule has 4 heteroatoms. The highest BCUT2D eigenvalue weighted by molar-refractivity contribution is 5.81. The Kier molecular flexibility index (Phi) is 7.26. The van der Waals surface area contributed by atoms with Gasteiger partial charge in [-0.25, -0.2) is 0 Å². The largest absolute Gasteiger partial charge is 0.358 e. The third-order valence-corrected chi connectivity index (χ3v) is 3.34. The lowest BCUT2D eigenvalue weighted by atomic mass is 10.0. The number of carbonyl (C=O) groups is 1. The van der Waals surface area contributed by atoms with Gasteiger partial charge in [-0.3, -0.25) is 4.79 Å². The molecule has 0 radical (unpaired) electrons. The fourth-order valence-corrected chi connectivity index (χ4v) is 2.21. The average molecular weight is 277 g/mol. The van der Waals surface area contributed by atoms with Gasteiger partial charge in [0.2, 0.25) is 5.91 Å². The van der Waals surface area contributed by atoms with Gasteiger partial charge in [0, 0.05) is 13.1 Å². The predicted octanol–water partition coefficient (Wildman–Crippen LogP) is 1.83. The van der Waals surface area contributed by atoms with E-state index >= 15 is 0 Å². The first-order valence-corrected chi connectivity index (χ1v) is 7.30. The van der Waals surface area contributed by atoms with Crippen molar-refractivity contribution in [3.8, 4) is 0 Å². The fraction of sp³-hybridized carbons (Fsp3) is 0.562. The molecule has 1 aromatic rings. The molecule has 4 N–H and O–H groups in total. The van der Waals surface area contributed by atoms with E-state index in [9.17, 15) is 4.79 Å². The van der Waals surface area contributed by atoms with Gasteiger partial charge in [-0.1, -0.05) is 44.2 Å². The smallest absolute Gasteiger partial charge is 0.236 e. The quantitative estimate of drug-likeness (QED) is 0.679. The molecule has 0 aliphatic carbocycles. The molecule has 0 aliphatic rings. The minimum Gasteiger partial charge on any atom is -0.358 e. The molecule has 0 aromatic heterocycles. The third-order valence-electron chi connectivity index (χ3n) is 3.34. The third kappa shape index (κ3) is 5.72. The Bertz CT molecular complexity index is 392. The SMILES string of the molecule is CNC(=O)[C@H](CC(C)C)NCCC(N)c1ccccc1. The van der Waals surface area contributed by atoms with Crippen molar-refractivity contribution >= 4 is 5.91 Å². The molecule has 1 rings (SSSR count). The lowest BCUT2D eigenvalue weighted by molar-refractivity contribution is -0.123. The van der Waals surface area contributed by atoms with Crippen molar-refractivity contribution in [2.45, 2.75) is 38.8 Å². The highest BCUT2D eigenvalue weighted by Crippen LogP contribution is 2.13. The van der Waals surface area contributed by atoms with Gasteiger partial charge in [0.25, 0.3) is 0 Å². The minimum absolute atomic E-state index is 0.00749. The van der Waals surface area contributed by atoms with Crippen molar-refractivity contribution in [3.63, 3.8) is 0 Å². The number of benzene rings is 1. The molecule has 0 saturated heterocycles. The summed E-state index contributed by atoms with van der Waals surface area (Å²) in [6.45, 7) is 4.97. The first kappa shape index (κ1) is 16.7. The second kappa shape index (κ2) is 8.72. The minimum atomic E-state index is -0.136. The number of carbonyl (C=O) groups excluding carboxylic acids is 1. The van der Waals surface area contributed by atoms with Crippen molar-refractivity contribution in [1.82, 2.24) is 10.6 Å². The van der Waals surface area contributed by atoms with Crippen LogP contribution in [0, 0.1) is 5.92 Å². The Morgan fingerprint density at radius 3 is 2.45 bits per heavy atom. The van der Waals surface area contributed by atoms with E-state index in [1.807, 2.05) is 30.3 Å². The first-order valence-electron chi connectivity index (χ1n) is 7.30. The maximum absolute atomic E-state index is 11.8. The topological polar surface area (TPSA) is 67.2 Å². The molecule has 0 spiro atoms. The molecule has 0 fully saturated rings. The average Bonchev–Trinajstić information content (AvgIpc) is 2.45. The molecule has 1 aromatic carbocycles. The normalized spacial score (nSPS) is 14.1. The summed E-state index contributed by atoms with van der Waals surface area (Å²) < 4.78 is 0. The summed E-state index contributed by atoms with van der Waals surface area (Å²) in [4.78, 5) is 11.8. The number of rotatable bonds is 8. The molecule has 0 aliphatic heterocycles. The maximum atomic E-state index is 11.8. The van der Waals surface area contributed by atoms with E-state index < -0.39 is 0 Å². The number of amides is 1. The lowest BCUT2D eigenvalue weighted by Gasteiger charge is -2.20. The second-order valence-electron chi connectivity index (χ2n) is 5.56. The second-order valence-corrected chi connectivity index (χ2v) is 5.56. The van der Waals surface area contributed by atoms with Crippen LogP contribution in [0.2, 0.25) is 0 Å². The van der Waals surface area contributed by atoms with Crippen molar-refractivity contribution in [2.75, 3.05) is 13.6 Å². The van der Waals surface area contributed by atoms with Crippen molar-refractivity contribution in [1.29, 1.82) is 0 Å². The zero-order valence-corrected chi connectivity index (χ0v) is 12.7. The van der Waals surface area contributed by atoms with Gasteiger partial charge in [-0.15, -0.1) is 0 Å². The summed E-state index contributed by atoms with van der Waals surface area (Å²) in [5.41, 5.74) is 7.28. The Balaban J connectivity index is 2.42. The summed E-state index contributed by atoms with van der Waals surface area (Å²) in [5.74, 6) is 0.527. The zero-order valence-electron chi connectivity index (χ0n) is 12.7. The van der Waals surface area contributed by atoms with Gasteiger partial charge >= 0.3 is 0 Å². The monoisotopic (exact) mass is 277 g/mol. The van der Waals surface area contributed by atoms with Crippen LogP contribution in [-0.4, -0.2) is 25.5 Å². The standard InChI is InChI=1S/C16H27N3O/c1-12(2)11-15(16(20)18-3)19-10-9-14(17)13-7-5-4-6-8-13/h4-8,12,14-15,19H,9-11,17H2,1-3H3,(H,18,20)/t14?,15-/m0/s1. The zero-order chi connectivity index (χ0) is 15.0. The van der Waals surface area contributed by atoms with Gasteiger partial charge in [0.1, 0.15) is 0 Å². The maximum Gasteiger partial charge on any atom is 0.236 e. The van der Waals surface area contributed by atoms with Crippen LogP contribution >= 0.6 is 0 Å². The highest BCUT2D eigenvalue weighted by atomic mass is 16.2. The van der Waals surface area contributed by atoms with Crippen LogP contribution in [0.1, 0.15) is 38.3 Å². The Hall–Kier alpha value is -1.39. The van der Waals surface area contributed by atoms with Crippen molar-refractivity contribution < 1.29 is 4.79 Å². The van der Waals surface area contributed by atoms with E-state index in [1.54, 1.807) is 7.05 Å². The van der Waals surface area contributed by atoms with Crippen LogP contribution in [0.3, 0.4) is 0 Å². The molecule has 1 amide bonds. The number of hydrogen-bond acceptors (Lipinski definition) is 3. The summed E-state index contributed by atoms with van der Waals surface area (Å²) in [6, 6.07) is 9.92. The molecule has 0 saturated carbocycles. The molecule has 0 heterocycles. The summed E-state index contributed by atoms with van der Waals surface area (Å²) in [7, 11) is 1.67. The van der Waals surface area contributed by atoms with E-state index in [2.05, 4.69) is 24.5 Å². The van der Waals surface area contributed by atoms with Crippen molar-refractivity contribution in [2.24, 2.45) is 11.7 Å². The molecule has 112 valence electrons. The Labute approximate surface area is 122 Å². The fourth-order valence-electron chi connectivity index (χ4n) is 2.21. The van der Waals surface area contributed by atoms with E-state index in [0.29, 0.717) is 5.92 Å². The summed E-state index contributed by atoms with van der Waals surface area (Å²) in [6.07, 6.45) is 1.65. The number of nitrogens with two attached hydrogens (primary N) is 1. The van der Waals surface area contributed by atoms with Crippen LogP contribution in [0.4, 0.5) is 0 Å². The molecular formula is C16H27N3O. The van der Waals surface area contributed by atoms with Crippen LogP contribution in [-0.2, 0) is 4.79 Å². The molecule has 1 unspecified atom stereocenters. The van der Waals surface area contributed by atoms with Gasteiger partial charge in [-0.2, -0.15) is 0 Å². The number of hydrogen-bond donors (Lipinski definition) is 3. The van der Waals surface area contributed by atoms with Crippen LogP contribution in [0.5, 0.6) is 0 Å². The Morgan fingerprint density at radius 2 is 1.90 bits per heavy atom. The van der Waals surface area contributed by atoms with Gasteiger partial charge in [-0.05, 0) is 30.9 Å². The van der Waals surface area contributed by atoms with Crippen molar-refractivity contribution in [3.05, 3.63) is 35.9 Å². The highest BCUT2D eigenvalue weighted by Gasteiger charge is 2.18. The lowest BCUT2D eigenvalue weighted by Crippen LogP contribution is -2.44. The van der Waals surface area contributed by atoms with E-state index in [-0.39, 0.29) is 18.0 Å². The summed E-state index contributed by atoms with van der Waals surface area (Å²) >= 11 is 0. The van der Waals surface area contributed by atoms with Crippen LogP contribution in [0.15, 0.2) is 30.3 Å². The number of nitrogens with one attached hydrogen (secondary N) is 2. The molecule has 0 bridgehead atoms. The summed E-state index contributed by atoms with van der Waals surface area (Å²) in [5, 5.41) is 6.02. The number of likely N-dealkylation sites (N-methyl/N-ethyl adjacent to an activating group) is 1. The van der Waals surface area contributed by atoms with Gasteiger partial charge in [0.05, 0.1) is 6.04 Å². The van der Waals surface area contributed by atoms with E-state index in [1.165, 1.54) is 0 Å². The molecule has 20 heavy (non-hydrogen) atoms. The first-order chi connectivity index (χ1) is 9.54. The molecule has 4 nitrogen and oxygen atoms in total. The van der Waals surface area contributed by atoms with Crippen LogP contribution in [0.25, 0.3) is 0 Å². The van der Waals surface area contributed by atoms with E-state index in [4.69, 9.17) is 5.73 Å². The van der Waals surface area contributed by atoms with Gasteiger partial charge < -0.3 is 16.4 Å². The molecular weight excluding hydrogens is 250 g/mol. The van der Waals surface area contributed by atoms with E-state index in [0.717, 1.165) is 24.9 Å². The van der Waals surface area contributed by atoms with Gasteiger partial charge in [0.15, 0.2) is 0 Å².